The lowest BCUT2D eigenvalue weighted by molar-refractivity contribution is -0.135. The first-order chi connectivity index (χ1) is 12.6. The van der Waals surface area contributed by atoms with Crippen LogP contribution in [0.5, 0.6) is 0 Å². The fourth-order valence-corrected chi connectivity index (χ4v) is 4.09. The van der Waals surface area contributed by atoms with Gasteiger partial charge < -0.3 is 10.8 Å². The normalized spacial score (nSPS) is 14.5. The molecule has 2 rings (SSSR count). The highest BCUT2D eigenvalue weighted by Crippen LogP contribution is 2.27. The highest BCUT2D eigenvalue weighted by atomic mass is 35.5. The van der Waals surface area contributed by atoms with Gasteiger partial charge >= 0.3 is 0 Å². The van der Waals surface area contributed by atoms with Gasteiger partial charge in [-0.1, -0.05) is 58.0 Å². The van der Waals surface area contributed by atoms with Crippen molar-refractivity contribution in [1.82, 2.24) is 4.47 Å². The Labute approximate surface area is 169 Å². The molecule has 3 N–H and O–H groups in total. The molecule has 27 heavy (non-hydrogen) atoms. The summed E-state index contributed by atoms with van der Waals surface area (Å²) >= 11 is 11.8. The molecule has 2 aromatic carbocycles. The zero-order valence-electron chi connectivity index (χ0n) is 14.9. The SMILES string of the molecule is CC(C)ON(C[C@H](O)[C@@H](N)c1ccccc1)S(=O)(=O)c1ccc(Cl)c(Cl)c1. The Morgan fingerprint density at radius 2 is 1.74 bits per heavy atom. The van der Waals surface area contributed by atoms with E-state index in [1.54, 1.807) is 38.1 Å². The van der Waals surface area contributed by atoms with Gasteiger partial charge in [0, 0.05) is 0 Å². The second-order valence-corrected chi connectivity index (χ2v) is 8.87. The van der Waals surface area contributed by atoms with Crippen molar-refractivity contribution in [3.8, 4) is 0 Å². The van der Waals surface area contributed by atoms with E-state index in [-0.39, 0.29) is 21.5 Å². The summed E-state index contributed by atoms with van der Waals surface area (Å²) in [5.74, 6) is 0. The van der Waals surface area contributed by atoms with Crippen molar-refractivity contribution in [2.75, 3.05) is 6.54 Å². The van der Waals surface area contributed by atoms with E-state index in [9.17, 15) is 13.5 Å². The molecule has 0 heterocycles. The van der Waals surface area contributed by atoms with Gasteiger partial charge in [-0.2, -0.15) is 0 Å². The van der Waals surface area contributed by atoms with Crippen LogP contribution in [0.1, 0.15) is 25.5 Å². The van der Waals surface area contributed by atoms with Crippen molar-refractivity contribution >= 4 is 33.2 Å². The maximum absolute atomic E-state index is 13.0. The van der Waals surface area contributed by atoms with Gasteiger partial charge in [0.1, 0.15) is 0 Å². The number of nitrogens with zero attached hydrogens (tertiary/aromatic N) is 1. The maximum atomic E-state index is 13.0. The van der Waals surface area contributed by atoms with E-state index in [0.29, 0.717) is 5.56 Å². The Hall–Kier alpha value is -1.19. The third kappa shape index (κ3) is 5.65. The molecule has 0 radical (unpaired) electrons. The average Bonchev–Trinajstić information content (AvgIpc) is 2.63. The number of nitrogens with two attached hydrogens (primary N) is 1. The summed E-state index contributed by atoms with van der Waals surface area (Å²) in [5.41, 5.74) is 6.76. The Morgan fingerprint density at radius 1 is 1.11 bits per heavy atom. The summed E-state index contributed by atoms with van der Waals surface area (Å²) in [4.78, 5) is 5.35. The summed E-state index contributed by atoms with van der Waals surface area (Å²) in [5, 5.41) is 10.8. The Balaban J connectivity index is 2.29. The van der Waals surface area contributed by atoms with Crippen LogP contribution in [-0.4, -0.2) is 36.7 Å². The van der Waals surface area contributed by atoms with Gasteiger partial charge in [0.2, 0.25) is 0 Å². The van der Waals surface area contributed by atoms with Crippen molar-refractivity contribution in [3.63, 3.8) is 0 Å². The van der Waals surface area contributed by atoms with E-state index in [1.165, 1.54) is 18.2 Å². The van der Waals surface area contributed by atoms with E-state index in [2.05, 4.69) is 0 Å². The molecule has 0 aromatic heterocycles. The molecule has 0 saturated carbocycles. The van der Waals surface area contributed by atoms with Crippen LogP contribution in [-0.2, 0) is 14.9 Å². The van der Waals surface area contributed by atoms with Crippen LogP contribution in [0.3, 0.4) is 0 Å². The molecule has 2 aromatic rings. The second kappa shape index (κ2) is 9.34. The van der Waals surface area contributed by atoms with Gasteiger partial charge in [0.05, 0.1) is 39.7 Å². The third-order valence-corrected chi connectivity index (χ3v) is 6.08. The molecule has 0 aliphatic heterocycles. The van der Waals surface area contributed by atoms with Crippen molar-refractivity contribution in [3.05, 3.63) is 64.1 Å². The summed E-state index contributed by atoms with van der Waals surface area (Å²) in [7, 11) is -4.09. The number of hydroxylamine groups is 1. The third-order valence-electron chi connectivity index (χ3n) is 3.72. The number of halogens is 2. The van der Waals surface area contributed by atoms with Crippen LogP contribution < -0.4 is 5.73 Å². The van der Waals surface area contributed by atoms with Crippen LogP contribution in [0, 0.1) is 0 Å². The highest BCUT2D eigenvalue weighted by Gasteiger charge is 2.31. The van der Waals surface area contributed by atoms with E-state index in [4.69, 9.17) is 33.8 Å². The Morgan fingerprint density at radius 3 is 2.30 bits per heavy atom. The zero-order valence-corrected chi connectivity index (χ0v) is 17.2. The Kier molecular flexibility index (Phi) is 7.64. The van der Waals surface area contributed by atoms with E-state index >= 15 is 0 Å². The summed E-state index contributed by atoms with van der Waals surface area (Å²) in [6.45, 7) is 3.01. The number of rotatable bonds is 8. The van der Waals surface area contributed by atoms with Gasteiger partial charge in [-0.25, -0.2) is 8.42 Å². The molecule has 0 bridgehead atoms. The summed E-state index contributed by atoms with van der Waals surface area (Å²) in [6.07, 6.45) is -1.63. The standard InChI is InChI=1S/C18H22Cl2N2O4S/c1-12(2)26-22(11-17(23)18(21)13-6-4-3-5-7-13)27(24,25)14-8-9-15(19)16(20)10-14/h3-10,12,17-18,23H,11,21H2,1-2H3/t17-,18-/m0/s1. The van der Waals surface area contributed by atoms with Crippen LogP contribution in [0.25, 0.3) is 0 Å². The van der Waals surface area contributed by atoms with Gasteiger partial charge in [0.25, 0.3) is 10.0 Å². The lowest BCUT2D eigenvalue weighted by Crippen LogP contribution is -2.43. The fraction of sp³-hybridized carbons (Fsp3) is 0.333. The number of hydrogen-bond donors (Lipinski definition) is 2. The van der Waals surface area contributed by atoms with Crippen molar-refractivity contribution < 1.29 is 18.4 Å². The number of benzene rings is 2. The molecule has 9 heteroatoms. The highest BCUT2D eigenvalue weighted by molar-refractivity contribution is 7.89. The smallest absolute Gasteiger partial charge is 0.265 e. The van der Waals surface area contributed by atoms with Crippen LogP contribution >= 0.6 is 23.2 Å². The number of aliphatic hydroxyl groups is 1. The lowest BCUT2D eigenvalue weighted by atomic mass is 10.0. The van der Waals surface area contributed by atoms with Gasteiger partial charge in [-0.05, 0) is 37.6 Å². The Bertz CT molecular complexity index is 863. The van der Waals surface area contributed by atoms with Gasteiger partial charge in [-0.15, -0.1) is 0 Å². The predicted molar refractivity (Wildman–Crippen MR) is 106 cm³/mol. The summed E-state index contributed by atoms with van der Waals surface area (Å²) in [6, 6.07) is 12.1. The molecule has 148 valence electrons. The first kappa shape index (κ1) is 22.1. The number of hydrogen-bond acceptors (Lipinski definition) is 5. The minimum Gasteiger partial charge on any atom is -0.390 e. The molecule has 0 fully saturated rings. The fourth-order valence-electron chi connectivity index (χ4n) is 2.35. The minimum absolute atomic E-state index is 0.0990. The molecule has 0 amide bonds. The molecule has 0 aliphatic carbocycles. The maximum Gasteiger partial charge on any atom is 0.265 e. The number of sulfonamides is 1. The monoisotopic (exact) mass is 432 g/mol. The second-order valence-electron chi connectivity index (χ2n) is 6.22. The molecule has 0 unspecified atom stereocenters. The zero-order chi connectivity index (χ0) is 20.2. The quantitative estimate of drug-likeness (QED) is 0.623. The van der Waals surface area contributed by atoms with Crippen LogP contribution in [0.15, 0.2) is 53.4 Å². The number of aliphatic hydroxyl groups excluding tert-OH is 1. The van der Waals surface area contributed by atoms with E-state index in [1.807, 2.05) is 6.07 Å². The van der Waals surface area contributed by atoms with Crippen molar-refractivity contribution in [2.45, 2.75) is 37.0 Å². The largest absolute Gasteiger partial charge is 0.390 e. The van der Waals surface area contributed by atoms with E-state index < -0.39 is 28.3 Å². The van der Waals surface area contributed by atoms with Crippen LogP contribution in [0.4, 0.5) is 0 Å². The lowest BCUT2D eigenvalue weighted by Gasteiger charge is -2.28. The molecule has 6 nitrogen and oxygen atoms in total. The molecular weight excluding hydrogens is 411 g/mol. The van der Waals surface area contributed by atoms with E-state index in [0.717, 1.165) is 4.47 Å². The minimum atomic E-state index is -4.09. The first-order valence-corrected chi connectivity index (χ1v) is 10.5. The first-order valence-electron chi connectivity index (χ1n) is 8.26. The molecule has 0 saturated heterocycles. The predicted octanol–water partition coefficient (Wildman–Crippen LogP) is 3.39. The molecule has 2 atom stereocenters. The van der Waals surface area contributed by atoms with Crippen LogP contribution in [0.2, 0.25) is 10.0 Å². The molecule has 0 aliphatic rings. The average molecular weight is 433 g/mol. The molecular formula is C18H22Cl2N2O4S. The summed E-state index contributed by atoms with van der Waals surface area (Å²) < 4.78 is 26.7. The van der Waals surface area contributed by atoms with Crippen molar-refractivity contribution in [2.24, 2.45) is 5.73 Å². The van der Waals surface area contributed by atoms with Gasteiger partial charge in [-0.3, -0.25) is 4.84 Å². The topological polar surface area (TPSA) is 92.9 Å². The molecule has 0 spiro atoms. The van der Waals surface area contributed by atoms with Gasteiger partial charge in [0.15, 0.2) is 0 Å². The van der Waals surface area contributed by atoms with Crippen molar-refractivity contribution in [1.29, 1.82) is 0 Å².